The molecule has 4 aromatic rings. The number of para-hydroxylation sites is 2. The molecule has 0 atom stereocenters. The standard InChI is InChI=1S/C24H23N5O5S/c1-2-3-15-34-19-13-11-17(12-14-19)25-23-24(27-22-10-5-4-9-21(22)26-23)28-35(32,33)20-8-6-7-18(16-20)29(30)31/h4-14,16H,2-3,15H2,1H3,(H,25,26)(H,27,28). The van der Waals surface area contributed by atoms with Crippen LogP contribution in [0.2, 0.25) is 0 Å². The molecule has 1 heterocycles. The lowest BCUT2D eigenvalue weighted by Gasteiger charge is -2.14. The molecule has 0 spiro atoms. The number of nitro benzene ring substituents is 1. The molecule has 0 aliphatic carbocycles. The van der Waals surface area contributed by atoms with E-state index in [2.05, 4.69) is 26.9 Å². The minimum atomic E-state index is -4.19. The van der Waals surface area contributed by atoms with Gasteiger partial charge in [0.1, 0.15) is 5.75 Å². The number of hydrogen-bond acceptors (Lipinski definition) is 8. The second-order valence-corrected chi connectivity index (χ2v) is 9.30. The number of fused-ring (bicyclic) bond motifs is 1. The number of rotatable bonds is 10. The van der Waals surface area contributed by atoms with Gasteiger partial charge in [0.05, 0.1) is 27.5 Å². The second kappa shape index (κ2) is 10.3. The lowest BCUT2D eigenvalue weighted by atomic mass is 10.3. The van der Waals surface area contributed by atoms with Gasteiger partial charge in [0.2, 0.25) is 0 Å². The van der Waals surface area contributed by atoms with Crippen LogP contribution >= 0.6 is 0 Å². The summed E-state index contributed by atoms with van der Waals surface area (Å²) in [7, 11) is -4.19. The Labute approximate surface area is 202 Å². The van der Waals surface area contributed by atoms with Crippen molar-refractivity contribution in [2.75, 3.05) is 16.6 Å². The molecule has 0 bridgehead atoms. The first kappa shape index (κ1) is 23.9. The van der Waals surface area contributed by atoms with Crippen molar-refractivity contribution in [3.63, 3.8) is 0 Å². The third-order valence-electron chi connectivity index (χ3n) is 5.02. The van der Waals surface area contributed by atoms with Crippen molar-refractivity contribution < 1.29 is 18.1 Å². The Morgan fingerprint density at radius 1 is 0.943 bits per heavy atom. The number of nitrogens with one attached hydrogen (secondary N) is 2. The summed E-state index contributed by atoms with van der Waals surface area (Å²) in [5, 5.41) is 14.2. The number of ether oxygens (including phenoxy) is 1. The number of non-ortho nitro benzene ring substituents is 1. The van der Waals surface area contributed by atoms with E-state index < -0.39 is 14.9 Å². The fraction of sp³-hybridized carbons (Fsp3) is 0.167. The first-order valence-corrected chi connectivity index (χ1v) is 12.4. The van der Waals surface area contributed by atoms with E-state index in [-0.39, 0.29) is 22.2 Å². The van der Waals surface area contributed by atoms with Crippen LogP contribution in [0.15, 0.2) is 77.7 Å². The van der Waals surface area contributed by atoms with Crippen molar-refractivity contribution >= 4 is 44.1 Å². The molecule has 0 saturated heterocycles. The van der Waals surface area contributed by atoms with Gasteiger partial charge in [-0.25, -0.2) is 18.4 Å². The normalized spacial score (nSPS) is 11.2. The minimum Gasteiger partial charge on any atom is -0.494 e. The topological polar surface area (TPSA) is 136 Å². The molecule has 0 radical (unpaired) electrons. The maximum atomic E-state index is 13.0. The fourth-order valence-corrected chi connectivity index (χ4v) is 4.26. The molecule has 1 aromatic heterocycles. The molecule has 10 nitrogen and oxygen atoms in total. The Morgan fingerprint density at radius 2 is 1.63 bits per heavy atom. The highest BCUT2D eigenvalue weighted by Gasteiger charge is 2.21. The zero-order valence-corrected chi connectivity index (χ0v) is 19.7. The van der Waals surface area contributed by atoms with Gasteiger partial charge in [-0.2, -0.15) is 0 Å². The van der Waals surface area contributed by atoms with Crippen molar-refractivity contribution in [1.82, 2.24) is 9.97 Å². The predicted octanol–water partition coefficient (Wildman–Crippen LogP) is 5.26. The molecule has 0 fully saturated rings. The zero-order chi connectivity index (χ0) is 24.8. The average Bonchev–Trinajstić information content (AvgIpc) is 2.85. The first-order valence-electron chi connectivity index (χ1n) is 10.9. The highest BCUT2D eigenvalue weighted by atomic mass is 32.2. The predicted molar refractivity (Wildman–Crippen MR) is 134 cm³/mol. The largest absolute Gasteiger partial charge is 0.494 e. The number of anilines is 3. The molecule has 4 rings (SSSR count). The summed E-state index contributed by atoms with van der Waals surface area (Å²) in [6, 6.07) is 19.0. The summed E-state index contributed by atoms with van der Waals surface area (Å²) in [4.78, 5) is 19.1. The summed E-state index contributed by atoms with van der Waals surface area (Å²) in [6.45, 7) is 2.72. The van der Waals surface area contributed by atoms with Gasteiger partial charge in [-0.05, 0) is 48.9 Å². The lowest BCUT2D eigenvalue weighted by Crippen LogP contribution is -2.16. The zero-order valence-electron chi connectivity index (χ0n) is 18.8. The van der Waals surface area contributed by atoms with Crippen molar-refractivity contribution in [3.8, 4) is 5.75 Å². The molecule has 0 aliphatic rings. The van der Waals surface area contributed by atoms with Gasteiger partial charge in [0.25, 0.3) is 15.7 Å². The molecule has 2 N–H and O–H groups in total. The quantitative estimate of drug-likeness (QED) is 0.173. The van der Waals surface area contributed by atoms with Crippen LogP contribution in [0, 0.1) is 10.1 Å². The van der Waals surface area contributed by atoms with Crippen molar-refractivity contribution in [1.29, 1.82) is 0 Å². The van der Waals surface area contributed by atoms with E-state index in [1.54, 1.807) is 48.5 Å². The Morgan fingerprint density at radius 3 is 2.29 bits per heavy atom. The molecule has 0 aliphatic heterocycles. The van der Waals surface area contributed by atoms with Crippen LogP contribution < -0.4 is 14.8 Å². The number of nitrogens with zero attached hydrogens (tertiary/aromatic N) is 3. The number of hydrogen-bond donors (Lipinski definition) is 2. The molecule has 3 aromatic carbocycles. The third kappa shape index (κ3) is 5.82. The van der Waals surface area contributed by atoms with Crippen LogP contribution in [0.25, 0.3) is 11.0 Å². The smallest absolute Gasteiger partial charge is 0.270 e. The van der Waals surface area contributed by atoms with Crippen molar-refractivity contribution in [2.24, 2.45) is 0 Å². The molecule has 0 saturated carbocycles. The number of benzene rings is 3. The van der Waals surface area contributed by atoms with Gasteiger partial charge >= 0.3 is 0 Å². The third-order valence-corrected chi connectivity index (χ3v) is 6.36. The van der Waals surface area contributed by atoms with Gasteiger partial charge in [-0.1, -0.05) is 31.5 Å². The van der Waals surface area contributed by atoms with Crippen molar-refractivity contribution in [3.05, 3.63) is 82.9 Å². The molecule has 0 amide bonds. The van der Waals surface area contributed by atoms with Crippen LogP contribution in [-0.4, -0.2) is 29.9 Å². The van der Waals surface area contributed by atoms with Crippen LogP contribution in [0.1, 0.15) is 19.8 Å². The fourth-order valence-electron chi connectivity index (χ4n) is 3.21. The van der Waals surface area contributed by atoms with Gasteiger partial charge in [-0.15, -0.1) is 0 Å². The number of unbranched alkanes of at least 4 members (excludes halogenated alkanes) is 1. The van der Waals surface area contributed by atoms with Crippen LogP contribution in [0.4, 0.5) is 23.0 Å². The second-order valence-electron chi connectivity index (χ2n) is 7.62. The Balaban J connectivity index is 1.66. The number of nitro groups is 1. The van der Waals surface area contributed by atoms with Gasteiger partial charge < -0.3 is 10.1 Å². The average molecular weight is 494 g/mol. The van der Waals surface area contributed by atoms with Gasteiger partial charge in [0.15, 0.2) is 11.6 Å². The lowest BCUT2D eigenvalue weighted by molar-refractivity contribution is -0.385. The molecule has 35 heavy (non-hydrogen) atoms. The Hall–Kier alpha value is -4.25. The minimum absolute atomic E-state index is 0.0431. The highest BCUT2D eigenvalue weighted by Crippen LogP contribution is 2.28. The van der Waals surface area contributed by atoms with E-state index in [0.29, 0.717) is 23.3 Å². The van der Waals surface area contributed by atoms with Crippen molar-refractivity contribution in [2.45, 2.75) is 24.7 Å². The van der Waals surface area contributed by atoms with E-state index in [0.717, 1.165) is 24.7 Å². The van der Waals surface area contributed by atoms with Crippen LogP contribution in [0.3, 0.4) is 0 Å². The molecular weight excluding hydrogens is 470 g/mol. The molecule has 0 unspecified atom stereocenters. The van der Waals surface area contributed by atoms with E-state index >= 15 is 0 Å². The van der Waals surface area contributed by atoms with E-state index in [9.17, 15) is 18.5 Å². The summed E-state index contributed by atoms with van der Waals surface area (Å²) in [5.74, 6) is 0.857. The SMILES string of the molecule is CCCCOc1ccc(Nc2nc3ccccc3nc2NS(=O)(=O)c2cccc([N+](=O)[O-])c2)cc1. The summed E-state index contributed by atoms with van der Waals surface area (Å²) in [5.41, 5.74) is 1.35. The van der Waals surface area contributed by atoms with Gasteiger partial charge in [-0.3, -0.25) is 14.8 Å². The monoisotopic (exact) mass is 493 g/mol. The summed E-state index contributed by atoms with van der Waals surface area (Å²) < 4.78 is 34.2. The summed E-state index contributed by atoms with van der Waals surface area (Å²) >= 11 is 0. The Bertz CT molecular complexity index is 1460. The van der Waals surface area contributed by atoms with E-state index in [1.807, 2.05) is 0 Å². The Kier molecular flexibility index (Phi) is 7.06. The highest BCUT2D eigenvalue weighted by molar-refractivity contribution is 7.92. The number of sulfonamides is 1. The molecule has 180 valence electrons. The molecule has 11 heteroatoms. The van der Waals surface area contributed by atoms with Crippen LogP contribution in [-0.2, 0) is 10.0 Å². The maximum Gasteiger partial charge on any atom is 0.270 e. The number of aromatic nitrogens is 2. The summed E-state index contributed by atoms with van der Waals surface area (Å²) in [6.07, 6.45) is 2.00. The van der Waals surface area contributed by atoms with Crippen LogP contribution in [0.5, 0.6) is 5.75 Å². The molecular formula is C24H23N5O5S. The maximum absolute atomic E-state index is 13.0. The van der Waals surface area contributed by atoms with E-state index in [4.69, 9.17) is 4.74 Å². The van der Waals surface area contributed by atoms with E-state index in [1.165, 1.54) is 18.2 Å². The van der Waals surface area contributed by atoms with Gasteiger partial charge in [0, 0.05) is 17.8 Å². The first-order chi connectivity index (χ1) is 16.9.